The standard InChI is InChI=1S/C12H19N3O2/c1-2-13-7-10-6-11(16)15-12(14-10)9-4-3-5-17-8-9/h6,9,13H,2-5,7-8H2,1H3,(H,14,15,16). The molecule has 1 aromatic rings. The molecular weight excluding hydrogens is 218 g/mol. The molecule has 0 amide bonds. The van der Waals surface area contributed by atoms with Crippen LogP contribution in [-0.4, -0.2) is 29.7 Å². The van der Waals surface area contributed by atoms with E-state index < -0.39 is 0 Å². The summed E-state index contributed by atoms with van der Waals surface area (Å²) < 4.78 is 5.42. The summed E-state index contributed by atoms with van der Waals surface area (Å²) in [5.74, 6) is 1.00. The first-order valence-corrected chi connectivity index (χ1v) is 6.18. The molecule has 0 bridgehead atoms. The van der Waals surface area contributed by atoms with Crippen molar-refractivity contribution in [2.24, 2.45) is 0 Å². The number of nitrogens with zero attached hydrogens (tertiary/aromatic N) is 1. The van der Waals surface area contributed by atoms with Crippen LogP contribution in [0, 0.1) is 0 Å². The van der Waals surface area contributed by atoms with Crippen LogP contribution >= 0.6 is 0 Å². The van der Waals surface area contributed by atoms with Gasteiger partial charge in [-0.2, -0.15) is 0 Å². The zero-order valence-corrected chi connectivity index (χ0v) is 10.2. The Morgan fingerprint density at radius 3 is 3.24 bits per heavy atom. The highest BCUT2D eigenvalue weighted by atomic mass is 16.5. The van der Waals surface area contributed by atoms with Gasteiger partial charge in [0.15, 0.2) is 0 Å². The van der Waals surface area contributed by atoms with Gasteiger partial charge in [0.1, 0.15) is 5.82 Å². The van der Waals surface area contributed by atoms with Crippen molar-refractivity contribution >= 4 is 0 Å². The number of rotatable bonds is 4. The van der Waals surface area contributed by atoms with Crippen molar-refractivity contribution in [2.75, 3.05) is 19.8 Å². The van der Waals surface area contributed by atoms with Crippen molar-refractivity contribution in [1.82, 2.24) is 15.3 Å². The lowest BCUT2D eigenvalue weighted by Crippen LogP contribution is -2.23. The molecule has 2 N–H and O–H groups in total. The molecule has 1 unspecified atom stereocenters. The lowest BCUT2D eigenvalue weighted by Gasteiger charge is -2.21. The highest BCUT2D eigenvalue weighted by Gasteiger charge is 2.18. The van der Waals surface area contributed by atoms with Gasteiger partial charge in [-0.05, 0) is 19.4 Å². The fourth-order valence-electron chi connectivity index (χ4n) is 2.02. The third-order valence-electron chi connectivity index (χ3n) is 2.92. The second-order valence-corrected chi connectivity index (χ2v) is 4.32. The normalized spacial score (nSPS) is 20.4. The van der Waals surface area contributed by atoms with Crippen LogP contribution in [0.4, 0.5) is 0 Å². The third-order valence-corrected chi connectivity index (χ3v) is 2.92. The first-order chi connectivity index (χ1) is 8.29. The molecule has 0 saturated carbocycles. The fourth-order valence-corrected chi connectivity index (χ4v) is 2.02. The quantitative estimate of drug-likeness (QED) is 0.812. The second-order valence-electron chi connectivity index (χ2n) is 4.32. The van der Waals surface area contributed by atoms with Crippen molar-refractivity contribution in [3.05, 3.63) is 27.9 Å². The summed E-state index contributed by atoms with van der Waals surface area (Å²) in [5.41, 5.74) is 0.727. The predicted molar refractivity (Wildman–Crippen MR) is 65.0 cm³/mol. The van der Waals surface area contributed by atoms with Gasteiger partial charge < -0.3 is 15.0 Å². The SMILES string of the molecule is CCNCc1cc(=O)[nH]c(C2CCCOC2)n1. The monoisotopic (exact) mass is 237 g/mol. The second kappa shape index (κ2) is 5.93. The van der Waals surface area contributed by atoms with Crippen molar-refractivity contribution in [2.45, 2.75) is 32.2 Å². The average molecular weight is 237 g/mol. The average Bonchev–Trinajstić information content (AvgIpc) is 2.37. The molecule has 0 spiro atoms. The summed E-state index contributed by atoms with van der Waals surface area (Å²) >= 11 is 0. The Balaban J connectivity index is 2.15. The van der Waals surface area contributed by atoms with E-state index in [-0.39, 0.29) is 11.5 Å². The molecule has 94 valence electrons. The molecule has 2 heterocycles. The summed E-state index contributed by atoms with van der Waals surface area (Å²) in [7, 11) is 0. The summed E-state index contributed by atoms with van der Waals surface area (Å²) in [6.45, 7) is 5.02. The molecule has 1 aliphatic heterocycles. The zero-order valence-electron chi connectivity index (χ0n) is 10.2. The topological polar surface area (TPSA) is 67.0 Å². The molecule has 0 radical (unpaired) electrons. The Morgan fingerprint density at radius 1 is 1.65 bits per heavy atom. The van der Waals surface area contributed by atoms with E-state index >= 15 is 0 Å². The van der Waals surface area contributed by atoms with Crippen LogP contribution in [0.5, 0.6) is 0 Å². The maximum atomic E-state index is 11.6. The van der Waals surface area contributed by atoms with Gasteiger partial charge in [-0.3, -0.25) is 4.79 Å². The van der Waals surface area contributed by atoms with E-state index in [2.05, 4.69) is 15.3 Å². The lowest BCUT2D eigenvalue weighted by atomic mass is 10.0. The molecule has 1 saturated heterocycles. The number of aromatic amines is 1. The number of aromatic nitrogens is 2. The van der Waals surface area contributed by atoms with E-state index in [1.807, 2.05) is 6.92 Å². The van der Waals surface area contributed by atoms with Crippen LogP contribution in [0.15, 0.2) is 10.9 Å². The van der Waals surface area contributed by atoms with Crippen LogP contribution in [0.2, 0.25) is 0 Å². The molecule has 0 aromatic carbocycles. The summed E-state index contributed by atoms with van der Waals surface area (Å²) in [6.07, 6.45) is 2.07. The highest BCUT2D eigenvalue weighted by molar-refractivity contribution is 5.06. The number of ether oxygens (including phenoxy) is 1. The molecule has 5 heteroatoms. The molecule has 0 aliphatic carbocycles. The molecule has 1 aromatic heterocycles. The number of hydrogen-bond acceptors (Lipinski definition) is 4. The molecular formula is C12H19N3O2. The van der Waals surface area contributed by atoms with Crippen molar-refractivity contribution in [3.8, 4) is 0 Å². The Bertz CT molecular complexity index is 410. The van der Waals surface area contributed by atoms with Crippen molar-refractivity contribution in [1.29, 1.82) is 0 Å². The van der Waals surface area contributed by atoms with Crippen LogP contribution in [0.1, 0.15) is 37.2 Å². The maximum absolute atomic E-state index is 11.6. The first-order valence-electron chi connectivity index (χ1n) is 6.18. The summed E-state index contributed by atoms with van der Waals surface area (Å²) in [4.78, 5) is 18.9. The van der Waals surface area contributed by atoms with E-state index in [9.17, 15) is 4.79 Å². The van der Waals surface area contributed by atoms with Gasteiger partial charge in [0.2, 0.25) is 0 Å². The Hall–Kier alpha value is -1.20. The molecule has 1 fully saturated rings. The van der Waals surface area contributed by atoms with Gasteiger partial charge in [-0.25, -0.2) is 4.98 Å². The summed E-state index contributed by atoms with van der Waals surface area (Å²) in [6, 6.07) is 1.55. The Morgan fingerprint density at radius 2 is 2.53 bits per heavy atom. The molecule has 1 aliphatic rings. The predicted octanol–water partition coefficient (Wildman–Crippen LogP) is 0.773. The Labute approximate surface area is 101 Å². The minimum atomic E-state index is -0.0755. The lowest BCUT2D eigenvalue weighted by molar-refractivity contribution is 0.0779. The van der Waals surface area contributed by atoms with E-state index in [1.165, 1.54) is 0 Å². The van der Waals surface area contributed by atoms with E-state index in [1.54, 1.807) is 6.07 Å². The summed E-state index contributed by atoms with van der Waals surface area (Å²) in [5, 5.41) is 3.18. The zero-order chi connectivity index (χ0) is 12.1. The largest absolute Gasteiger partial charge is 0.381 e. The first kappa shape index (κ1) is 12.3. The molecule has 1 atom stereocenters. The number of H-pyrrole nitrogens is 1. The highest BCUT2D eigenvalue weighted by Crippen LogP contribution is 2.21. The van der Waals surface area contributed by atoms with Gasteiger partial charge in [-0.15, -0.1) is 0 Å². The van der Waals surface area contributed by atoms with Crippen molar-refractivity contribution in [3.63, 3.8) is 0 Å². The number of nitrogens with one attached hydrogen (secondary N) is 2. The smallest absolute Gasteiger partial charge is 0.251 e. The fraction of sp³-hybridized carbons (Fsp3) is 0.667. The van der Waals surface area contributed by atoms with Crippen LogP contribution < -0.4 is 10.9 Å². The van der Waals surface area contributed by atoms with Gasteiger partial charge in [0.05, 0.1) is 12.3 Å². The van der Waals surface area contributed by atoms with E-state index in [4.69, 9.17) is 4.74 Å². The third kappa shape index (κ3) is 3.38. The maximum Gasteiger partial charge on any atom is 0.251 e. The van der Waals surface area contributed by atoms with Crippen LogP contribution in [0.3, 0.4) is 0 Å². The van der Waals surface area contributed by atoms with E-state index in [0.717, 1.165) is 37.5 Å². The molecule has 5 nitrogen and oxygen atoms in total. The van der Waals surface area contributed by atoms with Crippen LogP contribution in [-0.2, 0) is 11.3 Å². The van der Waals surface area contributed by atoms with Crippen molar-refractivity contribution < 1.29 is 4.74 Å². The Kier molecular flexibility index (Phi) is 4.28. The van der Waals surface area contributed by atoms with E-state index in [0.29, 0.717) is 13.2 Å². The van der Waals surface area contributed by atoms with Gasteiger partial charge >= 0.3 is 0 Å². The molecule has 2 rings (SSSR count). The van der Waals surface area contributed by atoms with Gasteiger partial charge in [0.25, 0.3) is 5.56 Å². The molecule has 17 heavy (non-hydrogen) atoms. The van der Waals surface area contributed by atoms with Gasteiger partial charge in [0, 0.05) is 25.1 Å². The minimum absolute atomic E-state index is 0.0755. The minimum Gasteiger partial charge on any atom is -0.381 e. The number of hydrogen-bond donors (Lipinski definition) is 2. The van der Waals surface area contributed by atoms with Gasteiger partial charge in [-0.1, -0.05) is 6.92 Å². The van der Waals surface area contributed by atoms with Crippen LogP contribution in [0.25, 0.3) is 0 Å².